The van der Waals surface area contributed by atoms with Gasteiger partial charge >= 0.3 is 0 Å². The molecule has 18 heavy (non-hydrogen) atoms. The summed E-state index contributed by atoms with van der Waals surface area (Å²) in [6.07, 6.45) is 1.01. The molecule has 0 aliphatic rings. The molecule has 0 atom stereocenters. The van der Waals surface area contributed by atoms with E-state index in [2.05, 4.69) is 50.4 Å². The van der Waals surface area contributed by atoms with E-state index >= 15 is 0 Å². The van der Waals surface area contributed by atoms with Crippen molar-refractivity contribution in [2.75, 3.05) is 11.1 Å². The smallest absolute Gasteiger partial charge is 0.0620 e. The number of para-hydroxylation sites is 1. The predicted molar refractivity (Wildman–Crippen MR) is 79.4 cm³/mol. The molecule has 2 heteroatoms. The van der Waals surface area contributed by atoms with Crippen molar-refractivity contribution in [3.63, 3.8) is 0 Å². The molecule has 2 aromatic carbocycles. The van der Waals surface area contributed by atoms with Crippen molar-refractivity contribution in [2.45, 2.75) is 27.2 Å². The van der Waals surface area contributed by atoms with Crippen LogP contribution in [-0.4, -0.2) is 0 Å². The van der Waals surface area contributed by atoms with Crippen LogP contribution in [0.15, 0.2) is 36.4 Å². The first-order chi connectivity index (χ1) is 8.61. The predicted octanol–water partition coefficient (Wildman–Crippen LogP) is 4.19. The second-order valence-electron chi connectivity index (χ2n) is 4.68. The molecule has 2 nitrogen and oxygen atoms in total. The van der Waals surface area contributed by atoms with Gasteiger partial charge in [-0.3, -0.25) is 0 Å². The Morgan fingerprint density at radius 3 is 2.61 bits per heavy atom. The van der Waals surface area contributed by atoms with Crippen LogP contribution in [0.2, 0.25) is 0 Å². The summed E-state index contributed by atoms with van der Waals surface area (Å²) in [6, 6.07) is 12.4. The van der Waals surface area contributed by atoms with Gasteiger partial charge in [0.15, 0.2) is 0 Å². The van der Waals surface area contributed by atoms with Gasteiger partial charge in [0.25, 0.3) is 0 Å². The Bertz CT molecular complexity index is 559. The highest BCUT2D eigenvalue weighted by atomic mass is 14.9. The second kappa shape index (κ2) is 5.13. The van der Waals surface area contributed by atoms with Crippen LogP contribution in [0, 0.1) is 13.8 Å². The standard InChI is InChI=1S/C16H20N2/c1-4-13-7-5-6-12(3)16(13)18-15-10-11(2)8-9-14(15)17/h5-10,18H,4,17H2,1-3H3. The minimum Gasteiger partial charge on any atom is -0.397 e. The van der Waals surface area contributed by atoms with Crippen LogP contribution in [-0.2, 0) is 6.42 Å². The molecular formula is C16H20N2. The molecule has 0 aliphatic heterocycles. The van der Waals surface area contributed by atoms with Gasteiger partial charge in [-0.15, -0.1) is 0 Å². The average molecular weight is 240 g/mol. The summed E-state index contributed by atoms with van der Waals surface area (Å²) in [7, 11) is 0. The van der Waals surface area contributed by atoms with E-state index in [1.54, 1.807) is 0 Å². The molecule has 0 aliphatic carbocycles. The summed E-state index contributed by atoms with van der Waals surface area (Å²) in [5, 5.41) is 3.48. The van der Waals surface area contributed by atoms with Crippen molar-refractivity contribution >= 4 is 17.1 Å². The minimum absolute atomic E-state index is 0.783. The zero-order valence-electron chi connectivity index (χ0n) is 11.2. The lowest BCUT2D eigenvalue weighted by Gasteiger charge is -2.16. The highest BCUT2D eigenvalue weighted by molar-refractivity contribution is 5.76. The largest absolute Gasteiger partial charge is 0.397 e. The lowest BCUT2D eigenvalue weighted by molar-refractivity contribution is 1.13. The van der Waals surface area contributed by atoms with Gasteiger partial charge in [-0.2, -0.15) is 0 Å². The summed E-state index contributed by atoms with van der Waals surface area (Å²) < 4.78 is 0. The third-order valence-corrected chi connectivity index (χ3v) is 3.21. The maximum absolute atomic E-state index is 6.02. The van der Waals surface area contributed by atoms with Crippen molar-refractivity contribution in [1.29, 1.82) is 0 Å². The first-order valence-electron chi connectivity index (χ1n) is 6.33. The Balaban J connectivity index is 2.42. The zero-order chi connectivity index (χ0) is 13.1. The number of hydrogen-bond acceptors (Lipinski definition) is 2. The number of rotatable bonds is 3. The van der Waals surface area contributed by atoms with Crippen molar-refractivity contribution in [2.24, 2.45) is 0 Å². The second-order valence-corrected chi connectivity index (χ2v) is 4.68. The Labute approximate surface area is 109 Å². The van der Waals surface area contributed by atoms with E-state index in [0.717, 1.165) is 17.8 Å². The number of aryl methyl sites for hydroxylation is 3. The minimum atomic E-state index is 0.783. The topological polar surface area (TPSA) is 38.0 Å². The van der Waals surface area contributed by atoms with E-state index in [-0.39, 0.29) is 0 Å². The van der Waals surface area contributed by atoms with Crippen LogP contribution in [0.3, 0.4) is 0 Å². The number of hydrogen-bond donors (Lipinski definition) is 2. The third-order valence-electron chi connectivity index (χ3n) is 3.21. The highest BCUT2D eigenvalue weighted by Crippen LogP contribution is 2.29. The summed E-state index contributed by atoms with van der Waals surface area (Å²) in [5.41, 5.74) is 12.7. The Morgan fingerprint density at radius 2 is 1.89 bits per heavy atom. The first-order valence-corrected chi connectivity index (χ1v) is 6.33. The molecular weight excluding hydrogens is 220 g/mol. The van der Waals surface area contributed by atoms with Gasteiger partial charge in [-0.05, 0) is 49.1 Å². The van der Waals surface area contributed by atoms with Crippen molar-refractivity contribution in [3.8, 4) is 0 Å². The summed E-state index contributed by atoms with van der Waals surface area (Å²) in [5.74, 6) is 0. The van der Waals surface area contributed by atoms with E-state index in [0.29, 0.717) is 0 Å². The molecule has 0 bridgehead atoms. The van der Waals surface area contributed by atoms with Gasteiger partial charge in [-0.25, -0.2) is 0 Å². The van der Waals surface area contributed by atoms with E-state index in [1.807, 2.05) is 12.1 Å². The molecule has 0 aromatic heterocycles. The van der Waals surface area contributed by atoms with Gasteiger partial charge in [0.1, 0.15) is 0 Å². The lowest BCUT2D eigenvalue weighted by atomic mass is 10.1. The lowest BCUT2D eigenvalue weighted by Crippen LogP contribution is -2.01. The van der Waals surface area contributed by atoms with Gasteiger partial charge in [0.2, 0.25) is 0 Å². The molecule has 0 saturated heterocycles. The first kappa shape index (κ1) is 12.5. The maximum atomic E-state index is 6.02. The van der Waals surface area contributed by atoms with Crippen LogP contribution in [0.5, 0.6) is 0 Å². The van der Waals surface area contributed by atoms with Crippen LogP contribution in [0.25, 0.3) is 0 Å². The van der Waals surface area contributed by atoms with Crippen LogP contribution >= 0.6 is 0 Å². The van der Waals surface area contributed by atoms with E-state index in [1.165, 1.54) is 22.4 Å². The van der Waals surface area contributed by atoms with Crippen molar-refractivity contribution in [3.05, 3.63) is 53.1 Å². The van der Waals surface area contributed by atoms with Crippen molar-refractivity contribution < 1.29 is 0 Å². The number of nitrogens with one attached hydrogen (secondary N) is 1. The molecule has 2 aromatic rings. The fraction of sp³-hybridized carbons (Fsp3) is 0.250. The van der Waals surface area contributed by atoms with E-state index in [9.17, 15) is 0 Å². The fourth-order valence-electron chi connectivity index (χ4n) is 2.12. The quantitative estimate of drug-likeness (QED) is 0.789. The molecule has 0 unspecified atom stereocenters. The molecule has 0 spiro atoms. The van der Waals surface area contributed by atoms with Crippen LogP contribution < -0.4 is 11.1 Å². The van der Waals surface area contributed by atoms with E-state index < -0.39 is 0 Å². The molecule has 94 valence electrons. The van der Waals surface area contributed by atoms with Gasteiger partial charge in [0, 0.05) is 5.69 Å². The molecule has 3 N–H and O–H groups in total. The third kappa shape index (κ3) is 2.48. The normalized spacial score (nSPS) is 10.4. The number of nitrogens with two attached hydrogens (primary N) is 1. The van der Waals surface area contributed by atoms with Gasteiger partial charge in [0.05, 0.1) is 11.4 Å². The van der Waals surface area contributed by atoms with Gasteiger partial charge in [-0.1, -0.05) is 31.2 Å². The number of anilines is 3. The monoisotopic (exact) mass is 240 g/mol. The van der Waals surface area contributed by atoms with Crippen LogP contribution in [0.1, 0.15) is 23.6 Å². The average Bonchev–Trinajstić information content (AvgIpc) is 2.36. The Morgan fingerprint density at radius 1 is 1.11 bits per heavy atom. The molecule has 0 amide bonds. The van der Waals surface area contributed by atoms with Gasteiger partial charge < -0.3 is 11.1 Å². The summed E-state index contributed by atoms with van der Waals surface area (Å²) >= 11 is 0. The molecule has 0 heterocycles. The molecule has 0 radical (unpaired) electrons. The summed E-state index contributed by atoms with van der Waals surface area (Å²) in [4.78, 5) is 0. The molecule has 0 saturated carbocycles. The summed E-state index contributed by atoms with van der Waals surface area (Å²) in [6.45, 7) is 6.36. The molecule has 2 rings (SSSR count). The zero-order valence-corrected chi connectivity index (χ0v) is 11.2. The Hall–Kier alpha value is -1.96. The van der Waals surface area contributed by atoms with Crippen LogP contribution in [0.4, 0.5) is 17.1 Å². The van der Waals surface area contributed by atoms with Crippen molar-refractivity contribution in [1.82, 2.24) is 0 Å². The Kier molecular flexibility index (Phi) is 3.56. The molecule has 0 fully saturated rings. The van der Waals surface area contributed by atoms with E-state index in [4.69, 9.17) is 5.73 Å². The number of nitrogen functional groups attached to an aromatic ring is 1. The SMILES string of the molecule is CCc1cccc(C)c1Nc1cc(C)ccc1N. The fourth-order valence-corrected chi connectivity index (χ4v) is 2.12. The maximum Gasteiger partial charge on any atom is 0.0620 e. The number of benzene rings is 2. The highest BCUT2D eigenvalue weighted by Gasteiger charge is 2.06.